The van der Waals surface area contributed by atoms with Crippen molar-refractivity contribution >= 4 is 29.4 Å². The number of cyclic esters (lactones) is 1. The van der Waals surface area contributed by atoms with Crippen LogP contribution in [-0.2, 0) is 4.74 Å². The molecule has 0 bridgehead atoms. The van der Waals surface area contributed by atoms with E-state index in [0.717, 1.165) is 19.4 Å². The second-order valence-electron chi connectivity index (χ2n) is 6.75. The van der Waals surface area contributed by atoms with Gasteiger partial charge in [0.25, 0.3) is 0 Å². The molecule has 146 valence electrons. The van der Waals surface area contributed by atoms with Gasteiger partial charge >= 0.3 is 12.1 Å². The number of aromatic nitrogens is 2. The average Bonchev–Trinajstić information content (AvgIpc) is 3.15. The number of urea groups is 1. The summed E-state index contributed by atoms with van der Waals surface area (Å²) < 4.78 is 4.96. The van der Waals surface area contributed by atoms with Crippen molar-refractivity contribution in [3.63, 3.8) is 0 Å². The maximum atomic E-state index is 12.4. The van der Waals surface area contributed by atoms with E-state index >= 15 is 0 Å². The molecule has 0 radical (unpaired) electrons. The summed E-state index contributed by atoms with van der Waals surface area (Å²) in [4.78, 5) is 36.3. The Bertz CT molecular complexity index is 847. The first kappa shape index (κ1) is 18.0. The van der Waals surface area contributed by atoms with E-state index in [9.17, 15) is 9.59 Å². The van der Waals surface area contributed by atoms with E-state index in [1.807, 2.05) is 6.07 Å². The smallest absolute Gasteiger partial charge is 0.414 e. The van der Waals surface area contributed by atoms with Crippen molar-refractivity contribution in [2.45, 2.75) is 18.9 Å². The molecule has 3 heterocycles. The number of ether oxygens (including phenoxy) is 1. The van der Waals surface area contributed by atoms with Crippen molar-refractivity contribution < 1.29 is 14.3 Å². The fraction of sp³-hybridized carbons (Fsp3) is 0.368. The lowest BCUT2D eigenvalue weighted by atomic mass is 10.1. The quantitative estimate of drug-likeness (QED) is 0.841. The van der Waals surface area contributed by atoms with Crippen LogP contribution >= 0.6 is 0 Å². The molecule has 2 aliphatic rings. The summed E-state index contributed by atoms with van der Waals surface area (Å²) in [5.41, 5.74) is 1.32. The average molecular weight is 382 g/mol. The van der Waals surface area contributed by atoms with Gasteiger partial charge in [0.2, 0.25) is 5.95 Å². The molecule has 0 saturated carbocycles. The highest BCUT2D eigenvalue weighted by atomic mass is 16.6. The zero-order valence-corrected chi connectivity index (χ0v) is 15.4. The maximum Gasteiger partial charge on any atom is 0.414 e. The third kappa shape index (κ3) is 4.13. The SMILES string of the molecule is O=C(Nc1cccc(N2CCOC2=O)c1)N[C@@H]1CCCN(c2ncccn2)C1. The van der Waals surface area contributed by atoms with Crippen LogP contribution in [0, 0.1) is 0 Å². The molecule has 2 aliphatic heterocycles. The normalized spacial score (nSPS) is 19.3. The second-order valence-corrected chi connectivity index (χ2v) is 6.75. The minimum atomic E-state index is -0.368. The molecule has 4 rings (SSSR count). The molecule has 2 fully saturated rings. The van der Waals surface area contributed by atoms with E-state index in [2.05, 4.69) is 25.5 Å². The lowest BCUT2D eigenvalue weighted by molar-refractivity contribution is 0.181. The number of nitrogens with one attached hydrogen (secondary N) is 2. The summed E-state index contributed by atoms with van der Waals surface area (Å²) in [5.74, 6) is 0.680. The van der Waals surface area contributed by atoms with Gasteiger partial charge in [0.1, 0.15) is 6.61 Å². The Morgan fingerprint density at radius 3 is 2.82 bits per heavy atom. The largest absolute Gasteiger partial charge is 0.447 e. The van der Waals surface area contributed by atoms with Gasteiger partial charge in [0.05, 0.1) is 6.54 Å². The molecular weight excluding hydrogens is 360 g/mol. The van der Waals surface area contributed by atoms with Crippen LogP contribution in [0.5, 0.6) is 0 Å². The number of anilines is 3. The van der Waals surface area contributed by atoms with Crippen molar-refractivity contribution in [3.05, 3.63) is 42.7 Å². The Labute approximate surface area is 162 Å². The van der Waals surface area contributed by atoms with Gasteiger partial charge in [-0.25, -0.2) is 19.6 Å². The van der Waals surface area contributed by atoms with Crippen molar-refractivity contribution in [1.29, 1.82) is 0 Å². The third-order valence-electron chi connectivity index (χ3n) is 4.77. The van der Waals surface area contributed by atoms with Gasteiger partial charge in [0.15, 0.2) is 0 Å². The number of rotatable bonds is 4. The van der Waals surface area contributed by atoms with Crippen LogP contribution in [0.2, 0.25) is 0 Å². The molecule has 1 aromatic heterocycles. The number of carbonyl (C=O) groups excluding carboxylic acids is 2. The molecule has 28 heavy (non-hydrogen) atoms. The minimum Gasteiger partial charge on any atom is -0.447 e. The van der Waals surface area contributed by atoms with Crippen molar-refractivity contribution in [2.75, 3.05) is 41.4 Å². The van der Waals surface area contributed by atoms with E-state index < -0.39 is 0 Å². The standard InChI is InChI=1S/C19H22N6O3/c26-18(22-14-4-1-6-16(12-14)25-10-11-28-19(25)27)23-15-5-2-9-24(13-15)17-20-7-3-8-21-17/h1,3-4,6-8,12,15H,2,5,9-11,13H2,(H2,22,23,26)/t15-/m1/s1. The van der Waals surface area contributed by atoms with E-state index in [1.165, 1.54) is 0 Å². The van der Waals surface area contributed by atoms with Gasteiger partial charge in [0, 0.05) is 42.9 Å². The number of hydrogen-bond acceptors (Lipinski definition) is 6. The van der Waals surface area contributed by atoms with Crippen LogP contribution in [0.3, 0.4) is 0 Å². The summed E-state index contributed by atoms with van der Waals surface area (Å²) in [6.45, 7) is 2.42. The Kier molecular flexibility index (Phi) is 5.22. The first-order valence-electron chi connectivity index (χ1n) is 9.33. The molecule has 2 saturated heterocycles. The number of carbonyl (C=O) groups is 2. The van der Waals surface area contributed by atoms with Gasteiger partial charge in [-0.2, -0.15) is 0 Å². The first-order chi connectivity index (χ1) is 13.7. The van der Waals surface area contributed by atoms with Gasteiger partial charge < -0.3 is 20.3 Å². The predicted molar refractivity (Wildman–Crippen MR) is 105 cm³/mol. The topological polar surface area (TPSA) is 99.7 Å². The highest BCUT2D eigenvalue weighted by Crippen LogP contribution is 2.22. The molecule has 2 aromatic rings. The fourth-order valence-electron chi connectivity index (χ4n) is 3.46. The molecule has 3 amide bonds. The highest BCUT2D eigenvalue weighted by molar-refractivity contribution is 5.93. The molecule has 0 spiro atoms. The molecule has 9 heteroatoms. The van der Waals surface area contributed by atoms with Gasteiger partial charge in [-0.05, 0) is 37.1 Å². The predicted octanol–water partition coefficient (Wildman–Crippen LogP) is 2.22. The van der Waals surface area contributed by atoms with E-state index in [1.54, 1.807) is 41.6 Å². The van der Waals surface area contributed by atoms with Crippen molar-refractivity contribution in [1.82, 2.24) is 15.3 Å². The molecule has 0 unspecified atom stereocenters. The zero-order chi connectivity index (χ0) is 19.3. The Morgan fingerprint density at radius 1 is 1.18 bits per heavy atom. The van der Waals surface area contributed by atoms with E-state index in [0.29, 0.717) is 37.0 Å². The summed E-state index contributed by atoms with van der Waals surface area (Å²) in [5, 5.41) is 5.86. The van der Waals surface area contributed by atoms with Crippen LogP contribution in [0.15, 0.2) is 42.7 Å². The lowest BCUT2D eigenvalue weighted by Crippen LogP contribution is -2.49. The highest BCUT2D eigenvalue weighted by Gasteiger charge is 2.25. The first-order valence-corrected chi connectivity index (χ1v) is 9.33. The van der Waals surface area contributed by atoms with Crippen LogP contribution in [0.1, 0.15) is 12.8 Å². The summed E-state index contributed by atoms with van der Waals surface area (Å²) in [6, 6.07) is 8.68. The van der Waals surface area contributed by atoms with E-state index in [4.69, 9.17) is 4.74 Å². The number of amides is 3. The Balaban J connectivity index is 1.35. The monoisotopic (exact) mass is 382 g/mol. The lowest BCUT2D eigenvalue weighted by Gasteiger charge is -2.33. The third-order valence-corrected chi connectivity index (χ3v) is 4.77. The van der Waals surface area contributed by atoms with Gasteiger partial charge in [-0.3, -0.25) is 4.90 Å². The van der Waals surface area contributed by atoms with Crippen LogP contribution in [0.4, 0.5) is 26.9 Å². The molecule has 9 nitrogen and oxygen atoms in total. The summed E-state index contributed by atoms with van der Waals surface area (Å²) in [6.07, 6.45) is 4.92. The Hall–Kier alpha value is -3.36. The molecular formula is C19H22N6O3. The zero-order valence-electron chi connectivity index (χ0n) is 15.4. The number of benzene rings is 1. The molecule has 1 atom stereocenters. The van der Waals surface area contributed by atoms with Crippen molar-refractivity contribution in [3.8, 4) is 0 Å². The minimum absolute atomic E-state index is 0.00861. The van der Waals surface area contributed by atoms with Gasteiger partial charge in [-0.15, -0.1) is 0 Å². The Morgan fingerprint density at radius 2 is 2.04 bits per heavy atom. The number of hydrogen-bond donors (Lipinski definition) is 2. The summed E-state index contributed by atoms with van der Waals surface area (Å²) in [7, 11) is 0. The van der Waals surface area contributed by atoms with Crippen LogP contribution in [-0.4, -0.2) is 54.4 Å². The number of piperidine rings is 1. The molecule has 0 aliphatic carbocycles. The van der Waals surface area contributed by atoms with Crippen molar-refractivity contribution in [2.24, 2.45) is 0 Å². The van der Waals surface area contributed by atoms with Crippen LogP contribution in [0.25, 0.3) is 0 Å². The van der Waals surface area contributed by atoms with Gasteiger partial charge in [-0.1, -0.05) is 6.07 Å². The fourth-order valence-corrected chi connectivity index (χ4v) is 3.46. The number of nitrogens with zero attached hydrogens (tertiary/aromatic N) is 4. The second kappa shape index (κ2) is 8.12. The van der Waals surface area contributed by atoms with Crippen LogP contribution < -0.4 is 20.4 Å². The molecule has 2 N–H and O–H groups in total. The van der Waals surface area contributed by atoms with E-state index in [-0.39, 0.29) is 18.2 Å². The molecule has 1 aromatic carbocycles. The summed E-state index contributed by atoms with van der Waals surface area (Å²) >= 11 is 0. The maximum absolute atomic E-state index is 12.4.